The zero-order chi connectivity index (χ0) is 88.6. The lowest BCUT2D eigenvalue weighted by atomic mass is 9.92. The van der Waals surface area contributed by atoms with Crippen molar-refractivity contribution in [3.8, 4) is 0 Å². The molecule has 3 aromatic carbocycles. The van der Waals surface area contributed by atoms with Crippen molar-refractivity contribution in [1.29, 1.82) is 0 Å². The van der Waals surface area contributed by atoms with Crippen LogP contribution in [0.2, 0.25) is 5.28 Å². The molecule has 7 aromatic rings. The molecule has 6 heterocycles. The van der Waals surface area contributed by atoms with Crippen LogP contribution in [0.15, 0.2) is 119 Å². The summed E-state index contributed by atoms with van der Waals surface area (Å²) in [6.45, 7) is -15.6. The van der Waals surface area contributed by atoms with Crippen LogP contribution in [0.5, 0.6) is 0 Å². The third-order valence-electron chi connectivity index (χ3n) is 11.1. The first-order valence-corrected chi connectivity index (χ1v) is 28.8. The van der Waals surface area contributed by atoms with Gasteiger partial charge >= 0.3 is 18.4 Å². The maximum Gasteiger partial charge on any atom is 0.519 e. The van der Waals surface area contributed by atoms with E-state index in [1.54, 1.807) is 61.5 Å². The average Bonchev–Trinajstić information content (AvgIpc) is 0.942. The number of aryl methyl sites for hydroxylation is 2. The Balaban J connectivity index is 0.000000270. The highest BCUT2D eigenvalue weighted by molar-refractivity contribution is 7.90. The first kappa shape index (κ1) is 36.7. The van der Waals surface area contributed by atoms with Crippen LogP contribution in [0.3, 0.4) is 0 Å². The molecule has 2 fully saturated rings. The Bertz CT molecular complexity index is 5050. The number of ether oxygens (including phenoxy) is 4. The standard InChI is InChI=1S/C27H30ClN5O2S.C25H33N5O4S.C10H18O5/c1-19-9-11-22(12-10-19)36(34,35)33-16-14-23-25(29-27(28)30-26(23)33)31(3)24-18-32(15-13-20(24)2)17-21-7-5-4-6-8-21;1-17-7-9-19(10-8-17)35(32,33)30-14-12-20-22(26-16-27-23(20)30)28(6)21-15-29(13-11-18(21)2)24(31)34-25(3,4)5;1-9(2,3)14-7(11)13-8(12)15-10(4,5)6/h4-12,14,16,20,24H,13,15,17-18H2,1-3H3;7-10,12,14,16,18,21H,11,13,15H2,1-6H3;1-6H3/i2D3,3D3,13D2,15D2,18D2,20D,24D;2D3,6D3,11D2,13D2,15D2,16D,18D,21D;. The first-order chi connectivity index (χ1) is 51.4. The van der Waals surface area contributed by atoms with Crippen LogP contribution in [-0.4, -0.2) is 142 Å². The maximum absolute atomic E-state index is 13.7. The Hall–Kier alpha value is -7.34. The zero-order valence-corrected chi connectivity index (χ0v) is 50.6. The summed E-state index contributed by atoms with van der Waals surface area (Å²) in [6, 6.07) is 11.9. The molecule has 21 nitrogen and oxygen atoms in total. The van der Waals surface area contributed by atoms with Crippen LogP contribution < -0.4 is 9.80 Å². The SMILES string of the molecule is CC(C)(C)OC(=O)OC(=O)OC(C)(C)C.[2H]C([2H])([2H])N(c1nc(Cl)nc2c1ccn2S(=O)(=O)c1ccc(C)cc1)C1([2H])C([2H])([2H])N(Cc2ccccc2)C([2H])([2H])C([2H])([2H])C1([2H])C([2H])([2H])[2H].[2H]c1nc(N(C([2H])([2H])[2H])C2([2H])C([2H])([2H])N(C(=O)OC(C)(C)C)C([2H])([2H])C([2H])([2H])C2([2H])C([2H])([2H])[2H])c2ccn(S(=O)(=O)c3ccc(C)cc3)c2n1. The highest BCUT2D eigenvalue weighted by Crippen LogP contribution is 2.35. The number of nitrogens with zero attached hydrogens (tertiary/aromatic N) is 10. The van der Waals surface area contributed by atoms with Crippen molar-refractivity contribution in [3.05, 3.63) is 132 Å². The lowest BCUT2D eigenvalue weighted by molar-refractivity contribution is -0.0294. The second-order valence-corrected chi connectivity index (χ2v) is 25.5. The lowest BCUT2D eigenvalue weighted by Crippen LogP contribution is -2.53. The van der Waals surface area contributed by atoms with Crippen molar-refractivity contribution in [1.82, 2.24) is 37.7 Å². The molecule has 0 spiro atoms. The van der Waals surface area contributed by atoms with Gasteiger partial charge in [-0.2, -0.15) is 9.97 Å². The third kappa shape index (κ3) is 16.8. The van der Waals surface area contributed by atoms with Gasteiger partial charge in [0, 0.05) is 91.3 Å². The minimum atomic E-state index is -4.56. The normalized spacial score (nSPS) is 30.3. The van der Waals surface area contributed by atoms with E-state index in [4.69, 9.17) is 58.7 Å². The Kier molecular flexibility index (Phi) is 11.4. The Morgan fingerprint density at radius 1 is 0.651 bits per heavy atom. The Morgan fingerprint density at radius 3 is 1.65 bits per heavy atom. The van der Waals surface area contributed by atoms with Crippen LogP contribution in [0.25, 0.3) is 22.1 Å². The van der Waals surface area contributed by atoms with E-state index in [9.17, 15) is 38.1 Å². The summed E-state index contributed by atoms with van der Waals surface area (Å²) in [5, 5.41) is -1.97. The molecular weight excluding hydrogens is 1160 g/mol. The van der Waals surface area contributed by atoms with Crippen molar-refractivity contribution in [2.75, 3.05) is 49.7 Å². The highest BCUT2D eigenvalue weighted by Gasteiger charge is 2.36. The van der Waals surface area contributed by atoms with Gasteiger partial charge in [0.25, 0.3) is 20.0 Å². The van der Waals surface area contributed by atoms with E-state index < -0.39 is 207 Å². The number of likely N-dealkylation sites (N-methyl/N-ethyl adjacent to an activating group) is 2. The molecule has 4 aromatic heterocycles. The lowest BCUT2D eigenvalue weighted by Gasteiger charge is -2.42. The summed E-state index contributed by atoms with van der Waals surface area (Å²) in [6.07, 6.45) is -11.7. The van der Waals surface area contributed by atoms with Gasteiger partial charge in [-0.25, -0.2) is 49.1 Å². The summed E-state index contributed by atoms with van der Waals surface area (Å²) in [7, 11) is -9.03. The fourth-order valence-corrected chi connectivity index (χ4v) is 10.1. The zero-order valence-electron chi connectivity index (χ0n) is 77.2. The highest BCUT2D eigenvalue weighted by atomic mass is 35.5. The van der Waals surface area contributed by atoms with Crippen LogP contribution in [0.4, 0.5) is 26.0 Å². The van der Waals surface area contributed by atoms with Crippen LogP contribution in [0.1, 0.15) is 145 Å². The smallest absolute Gasteiger partial charge is 0.444 e. The number of benzene rings is 3. The molecule has 0 saturated carbocycles. The molecule has 86 heavy (non-hydrogen) atoms. The molecule has 0 N–H and O–H groups in total. The second kappa shape index (κ2) is 26.7. The second-order valence-electron chi connectivity index (χ2n) is 21.5. The van der Waals surface area contributed by atoms with Crippen LogP contribution in [0, 0.1) is 25.6 Å². The van der Waals surface area contributed by atoms with Crippen LogP contribution in [-0.2, 0) is 45.5 Å². The number of likely N-dealkylation sites (tertiary alicyclic amines) is 2. The number of hydrogen-bond donors (Lipinski definition) is 0. The fraction of sp³-hybridized carbons (Fsp3) is 0.468. The molecule has 0 radical (unpaired) electrons. The van der Waals surface area contributed by atoms with Gasteiger partial charge in [-0.05, 0) is 161 Å². The van der Waals surface area contributed by atoms with Gasteiger partial charge in [0.05, 0.1) is 32.1 Å². The predicted molar refractivity (Wildman–Crippen MR) is 333 cm³/mol. The first-order valence-electron chi connectivity index (χ1n) is 40.1. The maximum atomic E-state index is 13.7. The summed E-state index contributed by atoms with van der Waals surface area (Å²) in [4.78, 5) is 49.3. The minimum Gasteiger partial charge on any atom is -0.444 e. The Labute approximate surface area is 551 Å². The number of carbonyl (C=O) groups is 3. The van der Waals surface area contributed by atoms with Crippen LogP contribution >= 0.6 is 11.6 Å². The fourth-order valence-electron chi connectivity index (χ4n) is 7.34. The quantitative estimate of drug-likeness (QED) is 0.0536. The van der Waals surface area contributed by atoms with E-state index >= 15 is 0 Å². The number of halogens is 1. The molecule has 9 rings (SSSR count). The molecule has 4 atom stereocenters. The molecular formula is C62H81ClN10O11S2. The average molecular weight is 1270 g/mol. The van der Waals surface area contributed by atoms with E-state index in [-0.39, 0.29) is 25.2 Å². The Morgan fingerprint density at radius 2 is 1.14 bits per heavy atom. The minimum absolute atomic E-state index is 0.173. The molecule has 464 valence electrons. The van der Waals surface area contributed by atoms with Crippen molar-refractivity contribution < 1.29 is 89.9 Å². The van der Waals surface area contributed by atoms with Gasteiger partial charge in [-0.1, -0.05) is 79.4 Å². The largest absolute Gasteiger partial charge is 0.519 e. The van der Waals surface area contributed by atoms with Gasteiger partial charge in [0.2, 0.25) is 5.28 Å². The van der Waals surface area contributed by atoms with Crippen molar-refractivity contribution in [2.24, 2.45) is 11.8 Å². The monoisotopic (exact) mass is 1270 g/mol. The number of amides is 1. The number of carbonyl (C=O) groups excluding carboxylic acids is 3. The third-order valence-corrected chi connectivity index (χ3v) is 14.6. The number of piperidine rings is 2. The van der Waals surface area contributed by atoms with Gasteiger partial charge in [-0.3, -0.25) is 4.90 Å². The molecule has 4 unspecified atom stereocenters. The summed E-state index contributed by atoms with van der Waals surface area (Å²) in [5.74, 6) is -11.0. The number of aromatic nitrogens is 6. The van der Waals surface area contributed by atoms with Gasteiger partial charge in [0.15, 0.2) is 11.3 Å². The summed E-state index contributed by atoms with van der Waals surface area (Å²) in [5.41, 5.74) is -2.57. The van der Waals surface area contributed by atoms with E-state index in [2.05, 4.69) is 24.7 Å². The molecule has 1 amide bonds. The number of anilines is 2. The summed E-state index contributed by atoms with van der Waals surface area (Å²) >= 11 is 6.22. The number of hydrogen-bond acceptors (Lipinski definition) is 18. The van der Waals surface area contributed by atoms with Gasteiger partial charge in [-0.15, -0.1) is 0 Å². The summed E-state index contributed by atoms with van der Waals surface area (Å²) < 4.78 is 328. The molecule has 2 aliphatic rings. The number of fused-ring (bicyclic) bond motifs is 2. The van der Waals surface area contributed by atoms with E-state index in [1.165, 1.54) is 93.6 Å². The van der Waals surface area contributed by atoms with E-state index in [0.29, 0.717) is 13.5 Å². The van der Waals surface area contributed by atoms with E-state index in [0.717, 1.165) is 30.1 Å². The van der Waals surface area contributed by atoms with Gasteiger partial charge in [0.1, 0.15) is 36.1 Å². The van der Waals surface area contributed by atoms with E-state index in [1.807, 2.05) is 0 Å². The molecule has 2 aliphatic heterocycles. The van der Waals surface area contributed by atoms with Crippen molar-refractivity contribution in [2.45, 2.75) is 148 Å². The van der Waals surface area contributed by atoms with Gasteiger partial charge < -0.3 is 33.6 Å². The predicted octanol–water partition coefficient (Wildman–Crippen LogP) is 11.9. The molecule has 24 heteroatoms. The molecule has 2 saturated heterocycles. The molecule has 0 aliphatic carbocycles. The van der Waals surface area contributed by atoms with Crippen molar-refractivity contribution >= 4 is 83.8 Å². The number of rotatable bonds is 10. The van der Waals surface area contributed by atoms with Crippen molar-refractivity contribution in [3.63, 3.8) is 0 Å². The molecule has 0 bridgehead atoms. The topological polar surface area (TPSA) is 231 Å².